The summed E-state index contributed by atoms with van der Waals surface area (Å²) in [6.07, 6.45) is 2.04. The van der Waals surface area contributed by atoms with E-state index in [1.165, 1.54) is 12.1 Å². The fourth-order valence-electron chi connectivity index (χ4n) is 2.00. The zero-order valence-electron chi connectivity index (χ0n) is 9.56. The Morgan fingerprint density at radius 2 is 2.00 bits per heavy atom. The zero-order valence-corrected chi connectivity index (χ0v) is 9.56. The molecule has 1 fully saturated rings. The highest BCUT2D eigenvalue weighted by molar-refractivity contribution is 5.22. The van der Waals surface area contributed by atoms with Gasteiger partial charge in [-0.2, -0.15) is 0 Å². The van der Waals surface area contributed by atoms with Gasteiger partial charge in [-0.25, -0.2) is 8.78 Å². The zero-order chi connectivity index (χ0) is 12.0. The summed E-state index contributed by atoms with van der Waals surface area (Å²) in [6.45, 7) is 3.68. The Bertz CT molecular complexity index is 408. The SMILES string of the molecule is CC(O)(Cc1cccc(F)c1F)C1(C)CC1. The molecule has 1 aromatic carbocycles. The Hall–Kier alpha value is -0.960. The first kappa shape index (κ1) is 11.5. The lowest BCUT2D eigenvalue weighted by Crippen LogP contribution is -2.37. The summed E-state index contributed by atoms with van der Waals surface area (Å²) in [6, 6.07) is 4.09. The van der Waals surface area contributed by atoms with Crippen LogP contribution in [0.2, 0.25) is 0 Å². The van der Waals surface area contributed by atoms with Crippen LogP contribution in [0, 0.1) is 17.0 Å². The fourth-order valence-corrected chi connectivity index (χ4v) is 2.00. The molecule has 1 unspecified atom stereocenters. The number of benzene rings is 1. The molecule has 1 aliphatic carbocycles. The Kier molecular flexibility index (Phi) is 2.54. The summed E-state index contributed by atoms with van der Waals surface area (Å²) in [5.41, 5.74) is -0.869. The van der Waals surface area contributed by atoms with Crippen LogP contribution in [0.3, 0.4) is 0 Å². The van der Waals surface area contributed by atoms with Crippen molar-refractivity contribution >= 4 is 0 Å². The van der Waals surface area contributed by atoms with Crippen LogP contribution in [0.5, 0.6) is 0 Å². The van der Waals surface area contributed by atoms with Crippen molar-refractivity contribution in [2.75, 3.05) is 0 Å². The maximum Gasteiger partial charge on any atom is 0.162 e. The van der Waals surface area contributed by atoms with Gasteiger partial charge in [-0.05, 0) is 36.8 Å². The van der Waals surface area contributed by atoms with Crippen LogP contribution in [0.25, 0.3) is 0 Å². The molecule has 0 bridgehead atoms. The molecule has 0 aromatic heterocycles. The standard InChI is InChI=1S/C13H16F2O/c1-12(6-7-12)13(2,16)8-9-4-3-5-10(14)11(9)15/h3-5,16H,6-8H2,1-2H3. The first-order chi connectivity index (χ1) is 7.36. The van der Waals surface area contributed by atoms with E-state index >= 15 is 0 Å². The number of halogens is 2. The summed E-state index contributed by atoms with van der Waals surface area (Å²) in [5, 5.41) is 10.3. The smallest absolute Gasteiger partial charge is 0.162 e. The predicted octanol–water partition coefficient (Wildman–Crippen LogP) is 3.06. The molecule has 0 aliphatic heterocycles. The van der Waals surface area contributed by atoms with Crippen molar-refractivity contribution in [2.24, 2.45) is 5.41 Å². The summed E-state index contributed by atoms with van der Waals surface area (Å²) in [5.74, 6) is -1.69. The van der Waals surface area contributed by atoms with Gasteiger partial charge in [0.2, 0.25) is 0 Å². The van der Waals surface area contributed by atoms with Crippen LogP contribution in [-0.4, -0.2) is 10.7 Å². The Morgan fingerprint density at radius 1 is 1.38 bits per heavy atom. The van der Waals surface area contributed by atoms with Crippen LogP contribution >= 0.6 is 0 Å². The minimum atomic E-state index is -0.971. The molecular formula is C13H16F2O. The molecule has 0 saturated heterocycles. The normalized spacial score (nSPS) is 21.6. The molecule has 1 aliphatic rings. The second kappa shape index (κ2) is 3.52. The topological polar surface area (TPSA) is 20.2 Å². The highest BCUT2D eigenvalue weighted by atomic mass is 19.2. The number of hydrogen-bond acceptors (Lipinski definition) is 1. The minimum Gasteiger partial charge on any atom is -0.389 e. The van der Waals surface area contributed by atoms with Gasteiger partial charge in [-0.1, -0.05) is 19.1 Å². The van der Waals surface area contributed by atoms with Crippen molar-refractivity contribution in [1.82, 2.24) is 0 Å². The molecular weight excluding hydrogens is 210 g/mol. The molecule has 1 N–H and O–H groups in total. The molecule has 1 aromatic rings. The second-order valence-corrected chi connectivity index (χ2v) is 5.22. The maximum absolute atomic E-state index is 13.5. The first-order valence-electron chi connectivity index (χ1n) is 5.51. The third-order valence-corrected chi connectivity index (χ3v) is 3.87. The van der Waals surface area contributed by atoms with Crippen molar-refractivity contribution in [3.8, 4) is 0 Å². The van der Waals surface area contributed by atoms with Crippen molar-refractivity contribution in [1.29, 1.82) is 0 Å². The van der Waals surface area contributed by atoms with Crippen molar-refractivity contribution in [2.45, 2.75) is 38.7 Å². The average Bonchev–Trinajstić information content (AvgIpc) is 2.93. The van der Waals surface area contributed by atoms with Gasteiger partial charge in [0.1, 0.15) is 0 Å². The monoisotopic (exact) mass is 226 g/mol. The van der Waals surface area contributed by atoms with Crippen molar-refractivity contribution in [3.05, 3.63) is 35.4 Å². The second-order valence-electron chi connectivity index (χ2n) is 5.22. The van der Waals surface area contributed by atoms with E-state index in [0.717, 1.165) is 18.9 Å². The van der Waals surface area contributed by atoms with Gasteiger partial charge in [0.25, 0.3) is 0 Å². The van der Waals surface area contributed by atoms with E-state index in [9.17, 15) is 13.9 Å². The quantitative estimate of drug-likeness (QED) is 0.839. The largest absolute Gasteiger partial charge is 0.389 e. The highest BCUT2D eigenvalue weighted by Crippen LogP contribution is 2.54. The van der Waals surface area contributed by atoms with Crippen LogP contribution in [0.4, 0.5) is 8.78 Å². The van der Waals surface area contributed by atoms with Gasteiger partial charge in [0.05, 0.1) is 5.60 Å². The third kappa shape index (κ3) is 1.84. The van der Waals surface area contributed by atoms with Crippen molar-refractivity contribution in [3.63, 3.8) is 0 Å². The number of rotatable bonds is 3. The molecule has 1 nitrogen and oxygen atoms in total. The lowest BCUT2D eigenvalue weighted by molar-refractivity contribution is -0.00779. The summed E-state index contributed by atoms with van der Waals surface area (Å²) in [7, 11) is 0. The van der Waals surface area contributed by atoms with E-state index in [0.29, 0.717) is 0 Å². The van der Waals surface area contributed by atoms with Gasteiger partial charge in [0, 0.05) is 6.42 Å². The van der Waals surface area contributed by atoms with E-state index in [1.54, 1.807) is 6.92 Å². The fraction of sp³-hybridized carbons (Fsp3) is 0.538. The van der Waals surface area contributed by atoms with Crippen LogP contribution in [-0.2, 0) is 6.42 Å². The van der Waals surface area contributed by atoms with E-state index in [-0.39, 0.29) is 17.4 Å². The average molecular weight is 226 g/mol. The molecule has 88 valence electrons. The van der Waals surface area contributed by atoms with Crippen LogP contribution in [0.1, 0.15) is 32.3 Å². The number of hydrogen-bond donors (Lipinski definition) is 1. The van der Waals surface area contributed by atoms with Crippen molar-refractivity contribution < 1.29 is 13.9 Å². The first-order valence-corrected chi connectivity index (χ1v) is 5.51. The molecule has 1 atom stereocenters. The van der Waals surface area contributed by atoms with Crippen LogP contribution in [0.15, 0.2) is 18.2 Å². The van der Waals surface area contributed by atoms with Gasteiger partial charge in [-0.15, -0.1) is 0 Å². The number of aliphatic hydroxyl groups is 1. The Balaban J connectivity index is 2.24. The molecule has 0 amide bonds. The van der Waals surface area contributed by atoms with E-state index < -0.39 is 17.2 Å². The van der Waals surface area contributed by atoms with Gasteiger partial charge < -0.3 is 5.11 Å². The third-order valence-electron chi connectivity index (χ3n) is 3.87. The van der Waals surface area contributed by atoms with E-state index in [1.807, 2.05) is 6.92 Å². The maximum atomic E-state index is 13.5. The summed E-state index contributed by atoms with van der Waals surface area (Å²) < 4.78 is 26.5. The molecule has 3 heteroatoms. The lowest BCUT2D eigenvalue weighted by atomic mass is 9.82. The van der Waals surface area contributed by atoms with Gasteiger partial charge >= 0.3 is 0 Å². The Labute approximate surface area is 94.1 Å². The molecule has 2 rings (SSSR count). The van der Waals surface area contributed by atoms with E-state index in [4.69, 9.17) is 0 Å². The molecule has 1 saturated carbocycles. The molecule has 0 spiro atoms. The Morgan fingerprint density at radius 3 is 2.56 bits per heavy atom. The molecule has 16 heavy (non-hydrogen) atoms. The summed E-state index contributed by atoms with van der Waals surface area (Å²) >= 11 is 0. The molecule has 0 radical (unpaired) electrons. The van der Waals surface area contributed by atoms with E-state index in [2.05, 4.69) is 0 Å². The van der Waals surface area contributed by atoms with Gasteiger partial charge in [-0.3, -0.25) is 0 Å². The minimum absolute atomic E-state index is 0.147. The highest BCUT2D eigenvalue weighted by Gasteiger charge is 2.52. The molecule has 0 heterocycles. The van der Waals surface area contributed by atoms with Crippen LogP contribution < -0.4 is 0 Å². The van der Waals surface area contributed by atoms with Gasteiger partial charge in [0.15, 0.2) is 11.6 Å². The summed E-state index contributed by atoms with van der Waals surface area (Å²) in [4.78, 5) is 0. The predicted molar refractivity (Wildman–Crippen MR) is 58.0 cm³/mol. The lowest BCUT2D eigenvalue weighted by Gasteiger charge is -2.30.